The first-order chi connectivity index (χ1) is 16.4. The van der Waals surface area contributed by atoms with Crippen molar-refractivity contribution in [3.8, 4) is 11.4 Å². The van der Waals surface area contributed by atoms with Gasteiger partial charge in [-0.3, -0.25) is 15.0 Å². The number of anilines is 1. The molecule has 2 aliphatic heterocycles. The smallest absolute Gasteiger partial charge is 0.167 e. The van der Waals surface area contributed by atoms with Crippen LogP contribution in [0.2, 0.25) is 0 Å². The second-order valence-electron chi connectivity index (χ2n) is 8.68. The Balaban J connectivity index is 1.50. The second kappa shape index (κ2) is 8.95. The van der Waals surface area contributed by atoms with Crippen LogP contribution in [0.5, 0.6) is 5.75 Å². The van der Waals surface area contributed by atoms with Crippen LogP contribution in [0, 0.1) is 12.7 Å². The molecule has 7 nitrogen and oxygen atoms in total. The maximum Gasteiger partial charge on any atom is 0.167 e. The molecule has 2 aliphatic rings. The number of piperidine rings is 1. The van der Waals surface area contributed by atoms with E-state index in [2.05, 4.69) is 17.1 Å². The molecule has 2 aromatic carbocycles. The van der Waals surface area contributed by atoms with Crippen molar-refractivity contribution in [3.05, 3.63) is 77.6 Å². The molecule has 1 aromatic heterocycles. The predicted octanol–water partition coefficient (Wildman–Crippen LogP) is 4.35. The van der Waals surface area contributed by atoms with E-state index in [0.717, 1.165) is 59.2 Å². The van der Waals surface area contributed by atoms with E-state index in [1.165, 1.54) is 12.1 Å². The maximum absolute atomic E-state index is 13.5. The molecule has 1 saturated heterocycles. The summed E-state index contributed by atoms with van der Waals surface area (Å²) in [7, 11) is 1.66. The second-order valence-corrected chi connectivity index (χ2v) is 8.68. The van der Waals surface area contributed by atoms with E-state index in [1.54, 1.807) is 25.6 Å². The number of hydrazine groups is 1. The minimum absolute atomic E-state index is 0.306. The molecule has 0 spiro atoms. The zero-order valence-electron chi connectivity index (χ0n) is 19.5. The van der Waals surface area contributed by atoms with Gasteiger partial charge in [-0.1, -0.05) is 6.07 Å². The lowest BCUT2D eigenvalue weighted by Crippen LogP contribution is -2.60. The minimum Gasteiger partial charge on any atom is -0.495 e. The number of nitrogens with zero attached hydrogens (tertiary/aromatic N) is 5. The van der Waals surface area contributed by atoms with E-state index in [0.29, 0.717) is 0 Å². The Morgan fingerprint density at radius 1 is 1.18 bits per heavy atom. The molecule has 3 heterocycles. The summed E-state index contributed by atoms with van der Waals surface area (Å²) < 4.78 is 21.1. The highest BCUT2D eigenvalue weighted by Crippen LogP contribution is 2.33. The van der Waals surface area contributed by atoms with Crippen LogP contribution in [0.4, 0.5) is 10.1 Å². The normalized spacial score (nSPS) is 21.4. The van der Waals surface area contributed by atoms with Crippen molar-refractivity contribution >= 4 is 17.6 Å². The number of ether oxygens (including phenoxy) is 1. The third kappa shape index (κ3) is 4.05. The van der Waals surface area contributed by atoms with Gasteiger partial charge in [0.15, 0.2) is 6.23 Å². The number of aliphatic hydroxyl groups is 1. The zero-order chi connectivity index (χ0) is 23.8. The number of imidazole rings is 1. The van der Waals surface area contributed by atoms with Crippen molar-refractivity contribution in [2.24, 2.45) is 4.99 Å². The Morgan fingerprint density at radius 3 is 2.68 bits per heavy atom. The van der Waals surface area contributed by atoms with Crippen molar-refractivity contribution in [1.29, 1.82) is 0 Å². The van der Waals surface area contributed by atoms with Crippen molar-refractivity contribution in [1.82, 2.24) is 14.6 Å². The lowest BCUT2D eigenvalue weighted by atomic mass is 9.99. The van der Waals surface area contributed by atoms with Gasteiger partial charge in [-0.15, -0.1) is 0 Å². The summed E-state index contributed by atoms with van der Waals surface area (Å²) in [6.07, 6.45) is 6.82. The molecule has 0 radical (unpaired) electrons. The number of methoxy groups -OCH3 is 1. The van der Waals surface area contributed by atoms with Crippen LogP contribution < -0.4 is 9.75 Å². The minimum atomic E-state index is -0.827. The Morgan fingerprint density at radius 2 is 1.97 bits per heavy atom. The van der Waals surface area contributed by atoms with Crippen molar-refractivity contribution in [2.45, 2.75) is 39.0 Å². The number of halogens is 1. The Kier molecular flexibility index (Phi) is 5.83. The fourth-order valence-corrected chi connectivity index (χ4v) is 4.54. The molecule has 5 rings (SSSR count). The monoisotopic (exact) mass is 461 g/mol. The lowest BCUT2D eigenvalue weighted by molar-refractivity contribution is 0.0874. The number of aryl methyl sites for hydroxylation is 1. The van der Waals surface area contributed by atoms with Crippen LogP contribution in [-0.2, 0) is 0 Å². The SMILES string of the molecule is COc1cc(C=C2CCCN3C2=NC(C)C(O)N3c2ccc(F)cc2)ccc1-n1cnc(C)c1. The third-order valence-electron chi connectivity index (χ3n) is 6.24. The van der Waals surface area contributed by atoms with Crippen LogP contribution in [0.25, 0.3) is 11.8 Å². The summed E-state index contributed by atoms with van der Waals surface area (Å²) in [5.74, 6) is 1.28. The van der Waals surface area contributed by atoms with Gasteiger partial charge in [-0.2, -0.15) is 0 Å². The van der Waals surface area contributed by atoms with Crippen LogP contribution in [0.1, 0.15) is 31.0 Å². The summed E-state index contributed by atoms with van der Waals surface area (Å²) in [6.45, 7) is 4.57. The number of rotatable bonds is 4. The van der Waals surface area contributed by atoms with Gasteiger partial charge >= 0.3 is 0 Å². The van der Waals surface area contributed by atoms with Crippen molar-refractivity contribution in [2.75, 3.05) is 18.7 Å². The van der Waals surface area contributed by atoms with Gasteiger partial charge in [0.05, 0.1) is 36.5 Å². The Bertz CT molecular complexity index is 1250. The standard InChI is InChI=1S/C26H28FN5O2/c1-17-15-30(16-28-17)23-11-6-19(14-24(23)34-3)13-20-5-4-12-31-25(20)29-18(2)26(33)32(31)22-9-7-21(27)8-10-22/h6-11,13-16,18,26,33H,4-5,12H2,1-3H3. The molecule has 34 heavy (non-hydrogen) atoms. The number of hydrogen-bond acceptors (Lipinski definition) is 6. The molecular formula is C26H28FN5O2. The largest absolute Gasteiger partial charge is 0.495 e. The van der Waals surface area contributed by atoms with Gasteiger partial charge in [0, 0.05) is 12.7 Å². The van der Waals surface area contributed by atoms with E-state index in [1.807, 2.05) is 46.8 Å². The first kappa shape index (κ1) is 22.2. The number of aliphatic imine (C=N–C) groups is 1. The van der Waals surface area contributed by atoms with Gasteiger partial charge in [-0.25, -0.2) is 9.37 Å². The number of amidine groups is 1. The number of aliphatic hydroxyl groups excluding tert-OH is 1. The van der Waals surface area contributed by atoms with E-state index in [-0.39, 0.29) is 11.9 Å². The highest BCUT2D eigenvalue weighted by Gasteiger charge is 2.37. The van der Waals surface area contributed by atoms with Crippen molar-refractivity contribution in [3.63, 3.8) is 0 Å². The average Bonchev–Trinajstić information content (AvgIpc) is 3.27. The zero-order valence-corrected chi connectivity index (χ0v) is 19.5. The Labute approximate surface area is 198 Å². The molecular weight excluding hydrogens is 433 g/mol. The quantitative estimate of drug-likeness (QED) is 0.626. The first-order valence-corrected chi connectivity index (χ1v) is 11.4. The maximum atomic E-state index is 13.5. The van der Waals surface area contributed by atoms with Gasteiger partial charge in [-0.05, 0) is 80.3 Å². The number of hydrogen-bond donors (Lipinski definition) is 1. The van der Waals surface area contributed by atoms with Gasteiger partial charge in [0.25, 0.3) is 0 Å². The molecule has 0 saturated carbocycles. The summed E-state index contributed by atoms with van der Waals surface area (Å²) in [4.78, 5) is 9.14. The topological polar surface area (TPSA) is 66.1 Å². The van der Waals surface area contributed by atoms with Crippen molar-refractivity contribution < 1.29 is 14.2 Å². The fourth-order valence-electron chi connectivity index (χ4n) is 4.54. The van der Waals surface area contributed by atoms with Gasteiger partial charge in [0.2, 0.25) is 0 Å². The van der Waals surface area contributed by atoms with Gasteiger partial charge in [0.1, 0.15) is 17.4 Å². The summed E-state index contributed by atoms with van der Waals surface area (Å²) in [5.41, 5.74) is 4.68. The average molecular weight is 462 g/mol. The molecule has 8 heteroatoms. The first-order valence-electron chi connectivity index (χ1n) is 11.4. The van der Waals surface area contributed by atoms with E-state index in [9.17, 15) is 9.50 Å². The van der Waals surface area contributed by atoms with Crippen LogP contribution in [0.15, 0.2) is 65.6 Å². The van der Waals surface area contributed by atoms with E-state index in [4.69, 9.17) is 9.73 Å². The summed E-state index contributed by atoms with van der Waals surface area (Å²) in [6, 6.07) is 11.9. The van der Waals surface area contributed by atoms with Gasteiger partial charge < -0.3 is 14.4 Å². The number of fused-ring (bicyclic) bond motifs is 1. The predicted molar refractivity (Wildman–Crippen MR) is 131 cm³/mol. The number of benzene rings is 2. The molecule has 0 bridgehead atoms. The molecule has 176 valence electrons. The van der Waals surface area contributed by atoms with Crippen LogP contribution >= 0.6 is 0 Å². The molecule has 2 atom stereocenters. The molecule has 3 aromatic rings. The molecule has 0 aliphatic carbocycles. The molecule has 1 fully saturated rings. The third-order valence-corrected chi connectivity index (χ3v) is 6.24. The Hall–Kier alpha value is -3.65. The number of aromatic nitrogens is 2. The highest BCUT2D eigenvalue weighted by molar-refractivity contribution is 6.04. The molecule has 0 amide bonds. The molecule has 1 N–H and O–H groups in total. The lowest BCUT2D eigenvalue weighted by Gasteiger charge is -2.48. The van der Waals surface area contributed by atoms with Crippen LogP contribution in [-0.4, -0.2) is 51.4 Å². The summed E-state index contributed by atoms with van der Waals surface area (Å²) >= 11 is 0. The van der Waals surface area contributed by atoms with Crippen LogP contribution in [0.3, 0.4) is 0 Å². The summed E-state index contributed by atoms with van der Waals surface area (Å²) in [5, 5.41) is 14.8. The van der Waals surface area contributed by atoms with E-state index < -0.39 is 6.23 Å². The fraction of sp³-hybridized carbons (Fsp3) is 0.308. The molecule has 2 unspecified atom stereocenters. The highest BCUT2D eigenvalue weighted by atomic mass is 19.1. The van der Waals surface area contributed by atoms with E-state index >= 15 is 0 Å².